The van der Waals surface area contributed by atoms with E-state index in [2.05, 4.69) is 31.6 Å². The molecule has 0 amide bonds. The minimum absolute atomic E-state index is 0. The van der Waals surface area contributed by atoms with Gasteiger partial charge in [-0.1, -0.05) is 12.1 Å². The number of halogens is 2. The maximum atomic E-state index is 13.7. The van der Waals surface area contributed by atoms with E-state index in [0.717, 1.165) is 32.2 Å². The lowest BCUT2D eigenvalue weighted by molar-refractivity contribution is 0.374. The van der Waals surface area contributed by atoms with Crippen molar-refractivity contribution in [2.45, 2.75) is 4.90 Å². The van der Waals surface area contributed by atoms with Crippen molar-refractivity contribution < 1.29 is 12.8 Å². The molecular weight excluding hydrogens is 514 g/mol. The Morgan fingerprint density at radius 1 is 1.18 bits per heavy atom. The summed E-state index contributed by atoms with van der Waals surface area (Å²) < 4.78 is 38.4. The summed E-state index contributed by atoms with van der Waals surface area (Å²) >= 11 is 1.72. The van der Waals surface area contributed by atoms with Crippen molar-refractivity contribution in [2.75, 3.05) is 50.4 Å². The predicted molar refractivity (Wildman–Crippen MR) is 123 cm³/mol. The first-order chi connectivity index (χ1) is 13.0. The molecule has 0 spiro atoms. The number of guanidine groups is 1. The van der Waals surface area contributed by atoms with E-state index in [4.69, 9.17) is 0 Å². The molecule has 2 heterocycles. The third kappa shape index (κ3) is 5.57. The molecule has 3 rings (SSSR count). The molecule has 154 valence electrons. The van der Waals surface area contributed by atoms with Gasteiger partial charge in [-0.15, -0.1) is 35.3 Å². The lowest BCUT2D eigenvalue weighted by atomic mass is 10.3. The number of thiophene rings is 1. The fraction of sp³-hybridized carbons (Fsp3) is 0.389. The van der Waals surface area contributed by atoms with Gasteiger partial charge >= 0.3 is 0 Å². The summed E-state index contributed by atoms with van der Waals surface area (Å²) in [5, 5.41) is 6.42. The highest BCUT2D eigenvalue weighted by Crippen LogP contribution is 2.22. The highest BCUT2D eigenvalue weighted by Gasteiger charge is 2.22. The standard InChI is InChI=1S/C18H23FN4O2S2.HI/c1-20-18(23-11-9-22(10-12-23)17-7-4-13-26-17)21-8-14-27(24,25)16-6-3-2-5-15(16)19;/h2-7,13H,8-12,14H2,1H3,(H,20,21);1H. The number of hydrogen-bond acceptors (Lipinski definition) is 5. The fourth-order valence-electron chi connectivity index (χ4n) is 3.02. The first-order valence-electron chi connectivity index (χ1n) is 8.72. The monoisotopic (exact) mass is 538 g/mol. The summed E-state index contributed by atoms with van der Waals surface area (Å²) in [6.45, 7) is 3.55. The van der Waals surface area contributed by atoms with Gasteiger partial charge in [0.25, 0.3) is 0 Å². The molecule has 1 aromatic carbocycles. The lowest BCUT2D eigenvalue weighted by Crippen LogP contribution is -2.53. The van der Waals surface area contributed by atoms with Crippen molar-refractivity contribution in [1.82, 2.24) is 10.2 Å². The first-order valence-corrected chi connectivity index (χ1v) is 11.3. The summed E-state index contributed by atoms with van der Waals surface area (Å²) in [5.74, 6) is -0.238. The van der Waals surface area contributed by atoms with E-state index in [1.54, 1.807) is 18.4 Å². The molecule has 0 aliphatic carbocycles. The van der Waals surface area contributed by atoms with Crippen LogP contribution in [0.2, 0.25) is 0 Å². The highest BCUT2D eigenvalue weighted by molar-refractivity contribution is 14.0. The van der Waals surface area contributed by atoms with E-state index in [0.29, 0.717) is 5.96 Å². The van der Waals surface area contributed by atoms with Crippen LogP contribution in [-0.2, 0) is 9.84 Å². The van der Waals surface area contributed by atoms with Crippen LogP contribution in [0.1, 0.15) is 0 Å². The maximum Gasteiger partial charge on any atom is 0.193 e. The Hall–Kier alpha value is -1.40. The van der Waals surface area contributed by atoms with Gasteiger partial charge in [0.2, 0.25) is 0 Å². The summed E-state index contributed by atoms with van der Waals surface area (Å²) in [5.41, 5.74) is 0. The largest absolute Gasteiger partial charge is 0.360 e. The van der Waals surface area contributed by atoms with Gasteiger partial charge in [0.15, 0.2) is 15.8 Å². The maximum absolute atomic E-state index is 13.7. The smallest absolute Gasteiger partial charge is 0.193 e. The van der Waals surface area contributed by atoms with E-state index >= 15 is 0 Å². The molecule has 0 radical (unpaired) electrons. The van der Waals surface area contributed by atoms with Gasteiger partial charge in [-0.05, 0) is 29.6 Å². The fourth-order valence-corrected chi connectivity index (χ4v) is 5.05. The van der Waals surface area contributed by atoms with Crippen LogP contribution in [0.4, 0.5) is 9.39 Å². The summed E-state index contributed by atoms with van der Waals surface area (Å²) in [6.07, 6.45) is 0. The summed E-state index contributed by atoms with van der Waals surface area (Å²) in [7, 11) is -2.00. The minimum atomic E-state index is -3.68. The molecule has 2 aromatic rings. The molecule has 0 atom stereocenters. The van der Waals surface area contributed by atoms with Gasteiger partial charge in [-0.3, -0.25) is 4.99 Å². The van der Waals surface area contributed by atoms with E-state index in [9.17, 15) is 12.8 Å². The van der Waals surface area contributed by atoms with Gasteiger partial charge in [0.05, 0.1) is 10.8 Å². The van der Waals surface area contributed by atoms with Gasteiger partial charge in [0, 0.05) is 39.8 Å². The second-order valence-corrected chi connectivity index (χ2v) is 9.15. The van der Waals surface area contributed by atoms with Crippen LogP contribution in [0.3, 0.4) is 0 Å². The van der Waals surface area contributed by atoms with Gasteiger partial charge in [-0.2, -0.15) is 0 Å². The molecule has 0 unspecified atom stereocenters. The number of benzene rings is 1. The minimum Gasteiger partial charge on any atom is -0.360 e. The van der Waals surface area contributed by atoms with Gasteiger partial charge in [-0.25, -0.2) is 12.8 Å². The number of hydrogen-bond donors (Lipinski definition) is 1. The van der Waals surface area contributed by atoms with Crippen molar-refractivity contribution in [2.24, 2.45) is 4.99 Å². The molecule has 28 heavy (non-hydrogen) atoms. The van der Waals surface area contributed by atoms with Crippen LogP contribution in [0.5, 0.6) is 0 Å². The number of anilines is 1. The van der Waals surface area contributed by atoms with Crippen LogP contribution in [-0.4, -0.2) is 64.8 Å². The van der Waals surface area contributed by atoms with Crippen LogP contribution in [0.15, 0.2) is 51.7 Å². The Kier molecular flexibility index (Phi) is 8.50. The number of nitrogens with zero attached hydrogens (tertiary/aromatic N) is 3. The lowest BCUT2D eigenvalue weighted by Gasteiger charge is -2.37. The van der Waals surface area contributed by atoms with Crippen molar-refractivity contribution in [3.8, 4) is 0 Å². The second kappa shape index (κ2) is 10.4. The summed E-state index contributed by atoms with van der Waals surface area (Å²) in [6, 6.07) is 9.61. The number of nitrogens with one attached hydrogen (secondary N) is 1. The molecule has 0 saturated carbocycles. The normalized spacial score (nSPS) is 15.3. The van der Waals surface area contributed by atoms with Crippen LogP contribution in [0.25, 0.3) is 0 Å². The Bertz CT molecular complexity index is 883. The molecule has 0 bridgehead atoms. The average molecular weight is 538 g/mol. The third-order valence-corrected chi connectivity index (χ3v) is 7.11. The molecule has 1 saturated heterocycles. The van der Waals surface area contributed by atoms with Crippen molar-refractivity contribution in [3.05, 3.63) is 47.6 Å². The van der Waals surface area contributed by atoms with E-state index in [-0.39, 0.29) is 41.2 Å². The van der Waals surface area contributed by atoms with Crippen LogP contribution < -0.4 is 10.2 Å². The average Bonchev–Trinajstić information content (AvgIpc) is 3.20. The number of rotatable bonds is 5. The topological polar surface area (TPSA) is 65.0 Å². The molecule has 1 aromatic heterocycles. The van der Waals surface area contributed by atoms with E-state index in [1.807, 2.05) is 6.07 Å². The van der Waals surface area contributed by atoms with Gasteiger partial charge < -0.3 is 15.1 Å². The zero-order valence-electron chi connectivity index (χ0n) is 15.5. The molecule has 1 aliphatic heterocycles. The number of piperazine rings is 1. The Labute approximate surface area is 186 Å². The SMILES string of the molecule is CN=C(NCCS(=O)(=O)c1ccccc1F)N1CCN(c2cccs2)CC1.I. The second-order valence-electron chi connectivity index (χ2n) is 6.15. The number of aliphatic imine (C=N–C) groups is 1. The molecule has 1 N–H and O–H groups in total. The zero-order chi connectivity index (χ0) is 19.3. The molecule has 10 heteroatoms. The molecular formula is C18H24FIN4O2S2. The Morgan fingerprint density at radius 3 is 2.50 bits per heavy atom. The van der Waals surface area contributed by atoms with E-state index in [1.165, 1.54) is 23.2 Å². The third-order valence-electron chi connectivity index (χ3n) is 4.43. The molecule has 1 fully saturated rings. The van der Waals surface area contributed by atoms with Gasteiger partial charge in [0.1, 0.15) is 10.7 Å². The van der Waals surface area contributed by atoms with Crippen molar-refractivity contribution >= 4 is 56.1 Å². The molecule has 6 nitrogen and oxygen atoms in total. The Balaban J connectivity index is 0.00000280. The zero-order valence-corrected chi connectivity index (χ0v) is 19.5. The van der Waals surface area contributed by atoms with Crippen molar-refractivity contribution in [3.63, 3.8) is 0 Å². The number of sulfone groups is 1. The Morgan fingerprint density at radius 2 is 1.89 bits per heavy atom. The van der Waals surface area contributed by atoms with E-state index < -0.39 is 15.7 Å². The first kappa shape index (κ1) is 22.9. The quantitative estimate of drug-likeness (QED) is 0.361. The van der Waals surface area contributed by atoms with Crippen molar-refractivity contribution in [1.29, 1.82) is 0 Å². The predicted octanol–water partition coefficient (Wildman–Crippen LogP) is 2.68. The highest BCUT2D eigenvalue weighted by atomic mass is 127. The van der Waals surface area contributed by atoms with Crippen LogP contribution >= 0.6 is 35.3 Å². The molecule has 1 aliphatic rings. The van der Waals surface area contributed by atoms with Crippen LogP contribution in [0, 0.1) is 5.82 Å². The summed E-state index contributed by atoms with van der Waals surface area (Å²) in [4.78, 5) is 8.44.